The minimum atomic E-state index is -0.523. The molecular weight excluding hydrogens is 309 g/mol. The van der Waals surface area contributed by atoms with Crippen molar-refractivity contribution in [1.82, 2.24) is 9.97 Å². The van der Waals surface area contributed by atoms with Gasteiger partial charge >= 0.3 is 0 Å². The molecule has 4 nitrogen and oxygen atoms in total. The predicted octanol–water partition coefficient (Wildman–Crippen LogP) is 3.92. The molecule has 0 unspecified atom stereocenters. The van der Waals surface area contributed by atoms with E-state index in [0.29, 0.717) is 27.0 Å². The molecule has 0 saturated heterocycles. The first-order valence-electron chi connectivity index (χ1n) is 6.13. The number of primary amides is 1. The summed E-state index contributed by atoms with van der Waals surface area (Å²) in [7, 11) is 0. The number of halogens is 2. The summed E-state index contributed by atoms with van der Waals surface area (Å²) in [5.41, 5.74) is 7.00. The Morgan fingerprint density at radius 3 is 2.43 bits per heavy atom. The highest BCUT2D eigenvalue weighted by atomic mass is 35.5. The van der Waals surface area contributed by atoms with E-state index in [0.717, 1.165) is 5.69 Å². The molecule has 0 aliphatic carbocycles. The van der Waals surface area contributed by atoms with Crippen LogP contribution in [0, 0.1) is 6.92 Å². The zero-order valence-electron chi connectivity index (χ0n) is 11.2. The molecule has 0 bridgehead atoms. The van der Waals surface area contributed by atoms with Gasteiger partial charge in [0.25, 0.3) is 0 Å². The lowest BCUT2D eigenvalue weighted by Gasteiger charge is -2.05. The molecule has 1 amide bonds. The minimum Gasteiger partial charge on any atom is -0.366 e. The first-order valence-corrected chi connectivity index (χ1v) is 6.89. The third-order valence-electron chi connectivity index (χ3n) is 2.77. The van der Waals surface area contributed by atoms with Crippen LogP contribution < -0.4 is 5.73 Å². The van der Waals surface area contributed by atoms with Crippen LogP contribution in [0.25, 0.3) is 11.4 Å². The summed E-state index contributed by atoms with van der Waals surface area (Å²) >= 11 is 12.4. The molecule has 2 aromatic rings. The fourth-order valence-corrected chi connectivity index (χ4v) is 2.31. The van der Waals surface area contributed by atoms with Gasteiger partial charge in [-0.15, -0.1) is 0 Å². The highest BCUT2D eigenvalue weighted by molar-refractivity contribution is 6.38. The number of nitrogens with zero attached hydrogens (tertiary/aromatic N) is 1. The van der Waals surface area contributed by atoms with E-state index in [2.05, 4.69) is 9.97 Å². The van der Waals surface area contributed by atoms with Crippen LogP contribution in [0.4, 0.5) is 0 Å². The van der Waals surface area contributed by atoms with Gasteiger partial charge in [0.15, 0.2) is 0 Å². The van der Waals surface area contributed by atoms with Crippen LogP contribution in [0.15, 0.2) is 42.6 Å². The second-order valence-electron chi connectivity index (χ2n) is 4.35. The third-order valence-corrected chi connectivity index (χ3v) is 3.40. The smallest absolute Gasteiger partial charge is 0.248 e. The lowest BCUT2D eigenvalue weighted by Crippen LogP contribution is -2.09. The molecule has 0 fully saturated rings. The number of aromatic nitrogens is 2. The molecular formula is C15H13Cl2N3O. The fraction of sp³-hybridized carbons (Fsp3) is 0.0667. The zero-order chi connectivity index (χ0) is 15.4. The van der Waals surface area contributed by atoms with Crippen LogP contribution in [-0.4, -0.2) is 15.9 Å². The highest BCUT2D eigenvalue weighted by Crippen LogP contribution is 2.31. The van der Waals surface area contributed by atoms with E-state index in [1.54, 1.807) is 30.3 Å². The molecule has 6 heteroatoms. The van der Waals surface area contributed by atoms with Crippen LogP contribution >= 0.6 is 23.2 Å². The predicted molar refractivity (Wildman–Crippen MR) is 84.9 cm³/mol. The van der Waals surface area contributed by atoms with E-state index < -0.39 is 5.91 Å². The second-order valence-corrected chi connectivity index (χ2v) is 5.17. The number of carbonyl (C=O) groups excluding carboxylic acids is 1. The van der Waals surface area contributed by atoms with Crippen molar-refractivity contribution in [2.24, 2.45) is 5.73 Å². The number of nitrogens with one attached hydrogen (secondary N) is 1. The van der Waals surface area contributed by atoms with Gasteiger partial charge in [0.1, 0.15) is 5.82 Å². The quantitative estimate of drug-likeness (QED) is 0.880. The Kier molecular flexibility index (Phi) is 4.83. The van der Waals surface area contributed by atoms with Gasteiger partial charge in [-0.25, -0.2) is 4.98 Å². The Morgan fingerprint density at radius 1 is 1.14 bits per heavy atom. The molecule has 0 saturated carbocycles. The molecule has 0 spiro atoms. The molecule has 2 rings (SSSR count). The van der Waals surface area contributed by atoms with Crippen molar-refractivity contribution < 1.29 is 4.79 Å². The summed E-state index contributed by atoms with van der Waals surface area (Å²) in [5, 5.41) is 0.967. The monoisotopic (exact) mass is 321 g/mol. The maximum absolute atomic E-state index is 11.3. The number of carbonyl (C=O) groups is 1. The molecule has 21 heavy (non-hydrogen) atoms. The maximum atomic E-state index is 11.3. The largest absolute Gasteiger partial charge is 0.366 e. The van der Waals surface area contributed by atoms with Gasteiger partial charge < -0.3 is 10.7 Å². The van der Waals surface area contributed by atoms with E-state index in [1.165, 1.54) is 12.3 Å². The number of nitrogens with two attached hydrogens (primary N) is 1. The molecule has 108 valence electrons. The molecule has 1 aromatic heterocycles. The Morgan fingerprint density at radius 2 is 1.81 bits per heavy atom. The van der Waals surface area contributed by atoms with E-state index in [4.69, 9.17) is 28.9 Å². The highest BCUT2D eigenvalue weighted by Gasteiger charge is 2.09. The molecule has 0 aliphatic heterocycles. The molecule has 0 radical (unpaired) electrons. The second kappa shape index (κ2) is 6.61. The Bertz CT molecular complexity index is 719. The van der Waals surface area contributed by atoms with Gasteiger partial charge in [0.2, 0.25) is 5.91 Å². The van der Waals surface area contributed by atoms with Crippen molar-refractivity contribution in [3.8, 4) is 11.4 Å². The van der Waals surface area contributed by atoms with E-state index in [1.807, 2.05) is 6.92 Å². The first-order chi connectivity index (χ1) is 9.99. The third kappa shape index (κ3) is 3.74. The summed E-state index contributed by atoms with van der Waals surface area (Å²) in [4.78, 5) is 18.7. The Balaban J connectivity index is 2.71. The number of hydrogen-bond acceptors (Lipinski definition) is 2. The summed E-state index contributed by atoms with van der Waals surface area (Å²) in [6.07, 6.45) is 1.48. The summed E-state index contributed by atoms with van der Waals surface area (Å²) in [6, 6.07) is 10.1. The van der Waals surface area contributed by atoms with Crippen molar-refractivity contribution in [3.63, 3.8) is 0 Å². The number of H-pyrrole nitrogens is 1. The Labute approximate surface area is 132 Å². The lowest BCUT2D eigenvalue weighted by molar-refractivity contribution is 0.100. The van der Waals surface area contributed by atoms with Gasteiger partial charge in [-0.1, -0.05) is 29.3 Å². The average Bonchev–Trinajstić information content (AvgIpc) is 2.49. The Hall–Kier alpha value is -2.04. The van der Waals surface area contributed by atoms with Gasteiger partial charge in [-0.05, 0) is 37.3 Å². The molecule has 3 N–H and O–H groups in total. The van der Waals surface area contributed by atoms with Crippen molar-refractivity contribution >= 4 is 29.1 Å². The van der Waals surface area contributed by atoms with Crippen LogP contribution in [-0.2, 0) is 0 Å². The van der Waals surface area contributed by atoms with Crippen molar-refractivity contribution in [2.45, 2.75) is 6.92 Å². The molecule has 1 aromatic carbocycles. The number of rotatable bonds is 2. The minimum absolute atomic E-state index is 0.353. The van der Waals surface area contributed by atoms with E-state index >= 15 is 0 Å². The topological polar surface area (TPSA) is 71.8 Å². The van der Waals surface area contributed by atoms with Crippen LogP contribution in [0.2, 0.25) is 10.0 Å². The van der Waals surface area contributed by atoms with Gasteiger partial charge in [-0.2, -0.15) is 0 Å². The summed E-state index contributed by atoms with van der Waals surface area (Å²) < 4.78 is 0. The standard InChI is InChI=1S/C15H13Cl2N3O/c1-9-5-6-10(14(18)21)7-8-19-15(20-9)13-11(16)3-2-4-12(13)17/h2-8H,1H3,(H2,18,21)(H,19,20). The van der Waals surface area contributed by atoms with Crippen molar-refractivity contribution in [2.75, 3.05) is 0 Å². The normalized spacial score (nSPS) is 10.0. The van der Waals surface area contributed by atoms with Crippen molar-refractivity contribution in [3.05, 3.63) is 63.9 Å². The van der Waals surface area contributed by atoms with E-state index in [-0.39, 0.29) is 0 Å². The number of aryl methyl sites for hydroxylation is 1. The number of aromatic amines is 1. The van der Waals surface area contributed by atoms with Crippen LogP contribution in [0.5, 0.6) is 0 Å². The van der Waals surface area contributed by atoms with Crippen molar-refractivity contribution in [1.29, 1.82) is 0 Å². The molecule has 1 heterocycles. The van der Waals surface area contributed by atoms with Crippen LogP contribution in [0.1, 0.15) is 16.1 Å². The molecule has 0 aliphatic rings. The van der Waals surface area contributed by atoms with E-state index in [9.17, 15) is 4.79 Å². The first kappa shape index (κ1) is 15.4. The SMILES string of the molecule is Cc1ccc(C(N)=O)ccnc(-c2c(Cl)cccc2Cl)[nH]1. The number of benzene rings is 1. The number of hydrogen-bond donors (Lipinski definition) is 2. The maximum Gasteiger partial charge on any atom is 0.248 e. The zero-order valence-corrected chi connectivity index (χ0v) is 12.7. The lowest BCUT2D eigenvalue weighted by atomic mass is 10.2. The summed E-state index contributed by atoms with van der Waals surface area (Å²) in [5.74, 6) is -0.0283. The average molecular weight is 322 g/mol. The van der Waals surface area contributed by atoms with Gasteiger partial charge in [-0.3, -0.25) is 4.79 Å². The van der Waals surface area contributed by atoms with Crippen LogP contribution in [0.3, 0.4) is 0 Å². The van der Waals surface area contributed by atoms with Gasteiger partial charge in [0.05, 0.1) is 15.6 Å². The molecule has 0 atom stereocenters. The fourth-order valence-electron chi connectivity index (χ4n) is 1.74. The number of amides is 1. The summed E-state index contributed by atoms with van der Waals surface area (Å²) in [6.45, 7) is 1.83. The van der Waals surface area contributed by atoms with Gasteiger partial charge in [0, 0.05) is 17.5 Å².